The summed E-state index contributed by atoms with van der Waals surface area (Å²) in [7, 11) is 0. The van der Waals surface area contributed by atoms with E-state index in [4.69, 9.17) is 11.6 Å². The summed E-state index contributed by atoms with van der Waals surface area (Å²) in [5.41, 5.74) is 1.82. The zero-order valence-electron chi connectivity index (χ0n) is 9.98. The molecule has 1 aromatic carbocycles. The molecule has 4 nitrogen and oxygen atoms in total. The zero-order valence-corrected chi connectivity index (χ0v) is 10.7. The molecule has 2 rings (SSSR count). The summed E-state index contributed by atoms with van der Waals surface area (Å²) < 4.78 is 1.52. The Morgan fingerprint density at radius 3 is 2.61 bits per heavy atom. The van der Waals surface area contributed by atoms with Crippen LogP contribution in [0.4, 0.5) is 0 Å². The van der Waals surface area contributed by atoms with Crippen LogP contribution in [0.2, 0.25) is 5.02 Å². The van der Waals surface area contributed by atoms with Crippen LogP contribution < -0.4 is 5.43 Å². The highest BCUT2D eigenvalue weighted by molar-refractivity contribution is 6.31. The summed E-state index contributed by atoms with van der Waals surface area (Å²) in [4.78, 5) is 22.2. The summed E-state index contributed by atoms with van der Waals surface area (Å²) >= 11 is 6.05. The van der Waals surface area contributed by atoms with Crippen LogP contribution in [0, 0.1) is 13.8 Å². The molecule has 92 valence electrons. The van der Waals surface area contributed by atoms with E-state index in [2.05, 4.69) is 5.10 Å². The molecule has 0 saturated carbocycles. The number of aromatic nitrogens is 2. The lowest BCUT2D eigenvalue weighted by Crippen LogP contribution is -2.18. The second-order valence-corrected chi connectivity index (χ2v) is 4.41. The molecule has 0 spiro atoms. The Kier molecular flexibility index (Phi) is 3.30. The van der Waals surface area contributed by atoms with Crippen molar-refractivity contribution in [2.24, 2.45) is 0 Å². The summed E-state index contributed by atoms with van der Waals surface area (Å²) in [6.45, 7) is 3.64. The minimum atomic E-state index is -0.378. The van der Waals surface area contributed by atoms with E-state index in [9.17, 15) is 9.59 Å². The highest BCUT2D eigenvalue weighted by Crippen LogP contribution is 2.19. The highest BCUT2D eigenvalue weighted by atomic mass is 35.5. The van der Waals surface area contributed by atoms with Crippen molar-refractivity contribution in [1.29, 1.82) is 0 Å². The predicted octanol–water partition coefficient (Wildman–Crippen LogP) is 2.32. The van der Waals surface area contributed by atoms with Gasteiger partial charge in [-0.1, -0.05) is 17.7 Å². The number of hydrogen-bond acceptors (Lipinski definition) is 3. The van der Waals surface area contributed by atoms with Gasteiger partial charge in [-0.05, 0) is 31.5 Å². The average molecular weight is 263 g/mol. The van der Waals surface area contributed by atoms with Crippen LogP contribution in [0.25, 0.3) is 5.69 Å². The van der Waals surface area contributed by atoms with Gasteiger partial charge in [0, 0.05) is 16.8 Å². The number of nitrogens with zero attached hydrogens (tertiary/aromatic N) is 2. The van der Waals surface area contributed by atoms with Gasteiger partial charge in [0.25, 0.3) is 0 Å². The summed E-state index contributed by atoms with van der Waals surface area (Å²) in [5, 5.41) is 4.62. The summed E-state index contributed by atoms with van der Waals surface area (Å²) in [6, 6.07) is 6.82. The summed E-state index contributed by atoms with van der Waals surface area (Å²) in [6.07, 6.45) is 0.452. The minimum Gasteiger partial charge on any atom is -0.296 e. The molecular formula is C13H11ClN2O2. The van der Waals surface area contributed by atoms with Crippen molar-refractivity contribution < 1.29 is 4.79 Å². The highest BCUT2D eigenvalue weighted by Gasteiger charge is 2.07. The molecule has 0 fully saturated rings. The smallest absolute Gasteiger partial charge is 0.211 e. The molecule has 0 bridgehead atoms. The van der Waals surface area contributed by atoms with Gasteiger partial charge in [0.1, 0.15) is 0 Å². The van der Waals surface area contributed by atoms with Gasteiger partial charge in [-0.3, -0.25) is 9.59 Å². The quantitative estimate of drug-likeness (QED) is 0.781. The molecule has 2 aromatic rings. The Morgan fingerprint density at radius 1 is 1.28 bits per heavy atom. The van der Waals surface area contributed by atoms with Crippen molar-refractivity contribution in [2.75, 3.05) is 0 Å². The standard InChI is InChI=1S/C13H11ClN2O2/c1-8-3-4-10(6-11(8)14)16-9(2)5-13(18)12(7-17)15-16/h3-7H,1-2H3. The molecule has 0 unspecified atom stereocenters. The largest absolute Gasteiger partial charge is 0.296 e. The zero-order chi connectivity index (χ0) is 13.3. The van der Waals surface area contributed by atoms with E-state index < -0.39 is 0 Å². The molecule has 18 heavy (non-hydrogen) atoms. The number of aldehydes is 1. The van der Waals surface area contributed by atoms with E-state index in [-0.39, 0.29) is 11.1 Å². The molecule has 1 aromatic heterocycles. The molecule has 0 aliphatic heterocycles. The van der Waals surface area contributed by atoms with Crippen LogP contribution in [-0.2, 0) is 0 Å². The first kappa shape index (κ1) is 12.5. The van der Waals surface area contributed by atoms with Gasteiger partial charge in [-0.2, -0.15) is 5.10 Å². The number of carbonyl (C=O) groups is 1. The Balaban J connectivity index is 2.66. The molecule has 0 amide bonds. The topological polar surface area (TPSA) is 52.0 Å². The third-order valence-corrected chi connectivity index (χ3v) is 3.05. The first-order valence-electron chi connectivity index (χ1n) is 5.35. The molecule has 1 heterocycles. The van der Waals surface area contributed by atoms with Gasteiger partial charge in [-0.15, -0.1) is 0 Å². The van der Waals surface area contributed by atoms with Crippen LogP contribution in [0.5, 0.6) is 0 Å². The maximum absolute atomic E-state index is 11.4. The number of rotatable bonds is 2. The predicted molar refractivity (Wildman–Crippen MR) is 69.7 cm³/mol. The first-order chi connectivity index (χ1) is 8.52. The van der Waals surface area contributed by atoms with Crippen molar-refractivity contribution in [2.45, 2.75) is 13.8 Å². The number of halogens is 1. The van der Waals surface area contributed by atoms with Gasteiger partial charge in [0.2, 0.25) is 5.43 Å². The third-order valence-electron chi connectivity index (χ3n) is 2.65. The maximum Gasteiger partial charge on any atom is 0.211 e. The van der Waals surface area contributed by atoms with Crippen LogP contribution in [0.1, 0.15) is 21.7 Å². The molecule has 5 heteroatoms. The van der Waals surface area contributed by atoms with Crippen LogP contribution in [0.3, 0.4) is 0 Å². The monoisotopic (exact) mass is 262 g/mol. The Hall–Kier alpha value is -1.94. The SMILES string of the molecule is Cc1ccc(-n2nc(C=O)c(=O)cc2C)cc1Cl. The Morgan fingerprint density at radius 2 is 2.00 bits per heavy atom. The normalized spacial score (nSPS) is 10.4. The average Bonchev–Trinajstić information content (AvgIpc) is 2.33. The van der Waals surface area contributed by atoms with E-state index >= 15 is 0 Å². The van der Waals surface area contributed by atoms with E-state index in [0.29, 0.717) is 22.7 Å². The van der Waals surface area contributed by atoms with E-state index in [1.165, 1.54) is 10.7 Å². The van der Waals surface area contributed by atoms with Gasteiger partial charge < -0.3 is 0 Å². The van der Waals surface area contributed by atoms with Crippen molar-refractivity contribution in [3.63, 3.8) is 0 Å². The van der Waals surface area contributed by atoms with Gasteiger partial charge in [0.15, 0.2) is 12.0 Å². The fourth-order valence-electron chi connectivity index (χ4n) is 1.62. The number of hydrogen-bond donors (Lipinski definition) is 0. The number of carbonyl (C=O) groups excluding carboxylic acids is 1. The van der Waals surface area contributed by atoms with E-state index in [1.54, 1.807) is 13.0 Å². The van der Waals surface area contributed by atoms with Crippen LogP contribution in [0.15, 0.2) is 29.1 Å². The van der Waals surface area contributed by atoms with Crippen molar-refractivity contribution >= 4 is 17.9 Å². The van der Waals surface area contributed by atoms with Crippen molar-refractivity contribution in [1.82, 2.24) is 9.78 Å². The Bertz CT molecular complexity index is 677. The fourth-order valence-corrected chi connectivity index (χ4v) is 1.79. The first-order valence-corrected chi connectivity index (χ1v) is 5.73. The molecule has 0 atom stereocenters. The van der Waals surface area contributed by atoms with Crippen LogP contribution in [-0.4, -0.2) is 16.1 Å². The molecule has 0 N–H and O–H groups in total. The summed E-state index contributed by atoms with van der Waals surface area (Å²) in [5.74, 6) is 0. The van der Waals surface area contributed by atoms with Gasteiger partial charge in [0.05, 0.1) is 5.69 Å². The molecule has 0 saturated heterocycles. The Labute approximate surface area is 109 Å². The number of benzene rings is 1. The van der Waals surface area contributed by atoms with Gasteiger partial charge >= 0.3 is 0 Å². The second-order valence-electron chi connectivity index (χ2n) is 4.00. The fraction of sp³-hybridized carbons (Fsp3) is 0.154. The molecule has 0 aliphatic carbocycles. The molecule has 0 radical (unpaired) electrons. The second kappa shape index (κ2) is 4.74. The maximum atomic E-state index is 11.4. The van der Waals surface area contributed by atoms with Crippen molar-refractivity contribution in [3.8, 4) is 5.69 Å². The molecule has 0 aliphatic rings. The lowest BCUT2D eigenvalue weighted by atomic mass is 10.2. The lowest BCUT2D eigenvalue weighted by Gasteiger charge is -2.10. The van der Waals surface area contributed by atoms with Crippen LogP contribution >= 0.6 is 11.6 Å². The lowest BCUT2D eigenvalue weighted by molar-refractivity contribution is 0.111. The van der Waals surface area contributed by atoms with Crippen molar-refractivity contribution in [3.05, 3.63) is 56.5 Å². The third kappa shape index (κ3) is 2.19. The van der Waals surface area contributed by atoms with Gasteiger partial charge in [-0.25, -0.2) is 4.68 Å². The van der Waals surface area contributed by atoms with E-state index in [1.807, 2.05) is 19.1 Å². The number of aryl methyl sites for hydroxylation is 2. The minimum absolute atomic E-state index is 0.114. The molecular weight excluding hydrogens is 252 g/mol. The van der Waals surface area contributed by atoms with E-state index in [0.717, 1.165) is 5.56 Å².